The van der Waals surface area contributed by atoms with Crippen LogP contribution in [0.25, 0.3) is 0 Å². The summed E-state index contributed by atoms with van der Waals surface area (Å²) in [5.41, 5.74) is 1.15. The molecule has 1 N–H and O–H groups in total. The average Bonchev–Trinajstić information content (AvgIpc) is 1.94. The SMILES string of the molecule is C=C(C)[C@@H]1C=C[C@@H](C)[C@H](O)C1. The minimum Gasteiger partial charge on any atom is -0.392 e. The van der Waals surface area contributed by atoms with Crippen molar-refractivity contribution in [2.24, 2.45) is 11.8 Å². The molecule has 0 saturated carbocycles. The molecule has 0 amide bonds. The Morgan fingerprint density at radius 3 is 2.64 bits per heavy atom. The second kappa shape index (κ2) is 3.22. The van der Waals surface area contributed by atoms with Gasteiger partial charge in [0.1, 0.15) is 0 Å². The number of allylic oxidation sites excluding steroid dienone is 2. The predicted molar refractivity (Wildman–Crippen MR) is 47.2 cm³/mol. The highest BCUT2D eigenvalue weighted by molar-refractivity contribution is 5.12. The molecule has 0 aliphatic heterocycles. The first kappa shape index (κ1) is 8.54. The summed E-state index contributed by atoms with van der Waals surface area (Å²) in [5, 5.41) is 9.50. The van der Waals surface area contributed by atoms with Crippen molar-refractivity contribution in [3.8, 4) is 0 Å². The van der Waals surface area contributed by atoms with Crippen molar-refractivity contribution in [1.29, 1.82) is 0 Å². The Morgan fingerprint density at radius 1 is 1.55 bits per heavy atom. The van der Waals surface area contributed by atoms with Crippen molar-refractivity contribution < 1.29 is 5.11 Å². The van der Waals surface area contributed by atoms with Crippen molar-refractivity contribution in [1.82, 2.24) is 0 Å². The van der Waals surface area contributed by atoms with Crippen LogP contribution >= 0.6 is 0 Å². The molecule has 1 aliphatic carbocycles. The van der Waals surface area contributed by atoms with Crippen LogP contribution in [0.4, 0.5) is 0 Å². The fraction of sp³-hybridized carbons (Fsp3) is 0.600. The molecule has 1 rings (SSSR count). The van der Waals surface area contributed by atoms with E-state index in [2.05, 4.69) is 18.7 Å². The van der Waals surface area contributed by atoms with Crippen LogP contribution in [0.15, 0.2) is 24.3 Å². The zero-order valence-electron chi connectivity index (χ0n) is 7.25. The molecule has 1 heteroatoms. The topological polar surface area (TPSA) is 20.2 Å². The summed E-state index contributed by atoms with van der Waals surface area (Å²) in [6, 6.07) is 0. The van der Waals surface area contributed by atoms with Gasteiger partial charge in [-0.2, -0.15) is 0 Å². The molecule has 3 atom stereocenters. The van der Waals surface area contributed by atoms with E-state index in [9.17, 15) is 5.11 Å². The highest BCUT2D eigenvalue weighted by Gasteiger charge is 2.21. The molecule has 0 bridgehead atoms. The summed E-state index contributed by atoms with van der Waals surface area (Å²) in [6.07, 6.45) is 4.89. The van der Waals surface area contributed by atoms with E-state index in [1.807, 2.05) is 13.8 Å². The second-order valence-electron chi connectivity index (χ2n) is 3.50. The van der Waals surface area contributed by atoms with Crippen molar-refractivity contribution in [3.63, 3.8) is 0 Å². The Morgan fingerprint density at radius 2 is 2.18 bits per heavy atom. The third-order valence-corrected chi connectivity index (χ3v) is 2.38. The third-order valence-electron chi connectivity index (χ3n) is 2.38. The number of hydrogen-bond acceptors (Lipinski definition) is 1. The lowest BCUT2D eigenvalue weighted by molar-refractivity contribution is 0.113. The molecule has 11 heavy (non-hydrogen) atoms. The smallest absolute Gasteiger partial charge is 0.0608 e. The minimum atomic E-state index is -0.179. The molecule has 0 aromatic carbocycles. The van der Waals surface area contributed by atoms with Gasteiger partial charge in [0.2, 0.25) is 0 Å². The molecule has 0 heterocycles. The monoisotopic (exact) mass is 152 g/mol. The summed E-state index contributed by atoms with van der Waals surface area (Å²) in [7, 11) is 0. The van der Waals surface area contributed by atoms with Gasteiger partial charge in [0.15, 0.2) is 0 Å². The standard InChI is InChI=1S/C10H16O/c1-7(2)9-5-4-8(3)10(11)6-9/h4-5,8-11H,1,6H2,2-3H3/t8-,9-,10-/m1/s1. The van der Waals surface area contributed by atoms with Crippen LogP contribution in [0.1, 0.15) is 20.3 Å². The number of hydrogen-bond donors (Lipinski definition) is 1. The van der Waals surface area contributed by atoms with Crippen LogP contribution in [0.5, 0.6) is 0 Å². The van der Waals surface area contributed by atoms with Gasteiger partial charge < -0.3 is 5.11 Å². The van der Waals surface area contributed by atoms with E-state index in [-0.39, 0.29) is 6.10 Å². The predicted octanol–water partition coefficient (Wildman–Crippen LogP) is 2.14. The molecule has 0 fully saturated rings. The van der Waals surface area contributed by atoms with E-state index in [4.69, 9.17) is 0 Å². The zero-order chi connectivity index (χ0) is 8.43. The van der Waals surface area contributed by atoms with Gasteiger partial charge in [-0.15, -0.1) is 0 Å². The first-order valence-electron chi connectivity index (χ1n) is 4.13. The number of rotatable bonds is 1. The van der Waals surface area contributed by atoms with Crippen molar-refractivity contribution in [2.45, 2.75) is 26.4 Å². The summed E-state index contributed by atoms with van der Waals surface area (Å²) in [4.78, 5) is 0. The highest BCUT2D eigenvalue weighted by atomic mass is 16.3. The molecule has 0 spiro atoms. The largest absolute Gasteiger partial charge is 0.392 e. The molecule has 0 saturated heterocycles. The third kappa shape index (κ3) is 1.93. The van der Waals surface area contributed by atoms with Gasteiger partial charge in [0.25, 0.3) is 0 Å². The first-order valence-corrected chi connectivity index (χ1v) is 4.13. The van der Waals surface area contributed by atoms with E-state index in [1.54, 1.807) is 0 Å². The van der Waals surface area contributed by atoms with Crippen LogP contribution in [0, 0.1) is 11.8 Å². The summed E-state index contributed by atoms with van der Waals surface area (Å²) in [6.45, 7) is 7.93. The number of aliphatic hydroxyl groups excluding tert-OH is 1. The Bertz CT molecular complexity index is 181. The van der Waals surface area contributed by atoms with Crippen LogP contribution < -0.4 is 0 Å². The van der Waals surface area contributed by atoms with Gasteiger partial charge in [0.05, 0.1) is 6.10 Å². The van der Waals surface area contributed by atoms with Gasteiger partial charge in [-0.3, -0.25) is 0 Å². The molecule has 0 unspecified atom stereocenters. The molecule has 0 radical (unpaired) electrons. The van der Waals surface area contributed by atoms with E-state index in [1.165, 1.54) is 0 Å². The molecular weight excluding hydrogens is 136 g/mol. The van der Waals surface area contributed by atoms with Crippen LogP contribution in [-0.4, -0.2) is 11.2 Å². The molecular formula is C10H16O. The Hall–Kier alpha value is -0.560. The minimum absolute atomic E-state index is 0.179. The molecule has 0 aromatic rings. The Kier molecular flexibility index (Phi) is 2.50. The maximum absolute atomic E-state index is 9.50. The van der Waals surface area contributed by atoms with E-state index >= 15 is 0 Å². The maximum atomic E-state index is 9.50. The average molecular weight is 152 g/mol. The Balaban J connectivity index is 2.63. The van der Waals surface area contributed by atoms with Crippen LogP contribution in [0.2, 0.25) is 0 Å². The van der Waals surface area contributed by atoms with Crippen molar-refractivity contribution in [3.05, 3.63) is 24.3 Å². The summed E-state index contributed by atoms with van der Waals surface area (Å²) >= 11 is 0. The van der Waals surface area contributed by atoms with Gasteiger partial charge in [0, 0.05) is 0 Å². The maximum Gasteiger partial charge on any atom is 0.0608 e. The van der Waals surface area contributed by atoms with Crippen molar-refractivity contribution >= 4 is 0 Å². The fourth-order valence-electron chi connectivity index (χ4n) is 1.36. The fourth-order valence-corrected chi connectivity index (χ4v) is 1.36. The lowest BCUT2D eigenvalue weighted by atomic mass is 9.84. The first-order chi connectivity index (χ1) is 5.11. The zero-order valence-corrected chi connectivity index (χ0v) is 7.25. The number of aliphatic hydroxyl groups is 1. The van der Waals surface area contributed by atoms with Crippen LogP contribution in [0.3, 0.4) is 0 Å². The van der Waals surface area contributed by atoms with E-state index < -0.39 is 0 Å². The highest BCUT2D eigenvalue weighted by Crippen LogP contribution is 2.26. The lowest BCUT2D eigenvalue weighted by Crippen LogP contribution is -2.23. The van der Waals surface area contributed by atoms with Crippen molar-refractivity contribution in [2.75, 3.05) is 0 Å². The molecule has 1 nitrogen and oxygen atoms in total. The lowest BCUT2D eigenvalue weighted by Gasteiger charge is -2.25. The van der Waals surface area contributed by atoms with E-state index in [0.717, 1.165) is 12.0 Å². The summed E-state index contributed by atoms with van der Waals surface area (Å²) < 4.78 is 0. The quantitative estimate of drug-likeness (QED) is 0.571. The van der Waals surface area contributed by atoms with E-state index in [0.29, 0.717) is 11.8 Å². The molecule has 62 valence electrons. The van der Waals surface area contributed by atoms with Crippen LogP contribution in [-0.2, 0) is 0 Å². The molecule has 0 aromatic heterocycles. The van der Waals surface area contributed by atoms with Gasteiger partial charge in [-0.25, -0.2) is 0 Å². The second-order valence-corrected chi connectivity index (χ2v) is 3.50. The van der Waals surface area contributed by atoms with Gasteiger partial charge in [-0.1, -0.05) is 31.2 Å². The normalized spacial score (nSPS) is 37.2. The van der Waals surface area contributed by atoms with Gasteiger partial charge >= 0.3 is 0 Å². The molecule has 1 aliphatic rings. The Labute approximate surface area is 68.4 Å². The summed E-state index contributed by atoms with van der Waals surface area (Å²) in [5.74, 6) is 0.701. The van der Waals surface area contributed by atoms with Gasteiger partial charge in [-0.05, 0) is 25.2 Å².